The van der Waals surface area contributed by atoms with Crippen molar-refractivity contribution in [3.8, 4) is 0 Å². The Hall–Kier alpha value is -2.97. The summed E-state index contributed by atoms with van der Waals surface area (Å²) in [6.07, 6.45) is -1.16. The maximum atomic E-state index is 12.8. The van der Waals surface area contributed by atoms with Gasteiger partial charge in [0.2, 0.25) is 0 Å². The molecule has 1 aromatic rings. The Kier molecular flexibility index (Phi) is 5.05. The summed E-state index contributed by atoms with van der Waals surface area (Å²) in [5.74, 6) is -2.53. The van der Waals surface area contributed by atoms with Crippen LogP contribution < -0.4 is 10.6 Å². The van der Waals surface area contributed by atoms with Crippen LogP contribution in [0.5, 0.6) is 0 Å². The third-order valence-corrected chi connectivity index (χ3v) is 3.52. The zero-order valence-electron chi connectivity index (χ0n) is 14.0. The number of halogens is 1. The van der Waals surface area contributed by atoms with Crippen molar-refractivity contribution >= 4 is 29.5 Å². The lowest BCUT2D eigenvalue weighted by Crippen LogP contribution is -2.42. The highest BCUT2D eigenvalue weighted by Gasteiger charge is 2.45. The number of amides is 4. The van der Waals surface area contributed by atoms with E-state index in [1.54, 1.807) is 0 Å². The third-order valence-electron chi connectivity index (χ3n) is 3.52. The van der Waals surface area contributed by atoms with Gasteiger partial charge in [-0.1, -0.05) is 0 Å². The Morgan fingerprint density at radius 2 is 1.88 bits per heavy atom. The summed E-state index contributed by atoms with van der Waals surface area (Å²) in [6.45, 7) is 3.77. The lowest BCUT2D eigenvalue weighted by molar-refractivity contribution is -0.155. The largest absolute Gasteiger partial charge is 0.451 e. The second-order valence-electron chi connectivity index (χ2n) is 6.07. The van der Waals surface area contributed by atoms with Gasteiger partial charge in [-0.3, -0.25) is 19.3 Å². The van der Waals surface area contributed by atoms with Crippen LogP contribution in [0.15, 0.2) is 24.3 Å². The highest BCUT2D eigenvalue weighted by atomic mass is 19.1. The number of esters is 1. The van der Waals surface area contributed by atoms with Crippen LogP contribution in [0.4, 0.5) is 14.9 Å². The van der Waals surface area contributed by atoms with Crippen molar-refractivity contribution in [1.82, 2.24) is 10.2 Å². The molecule has 0 unspecified atom stereocenters. The number of imide groups is 1. The standard InChI is InChI=1S/C16H18FN3O5/c1-9(13(22)18-11-6-4-10(17)5-7-11)25-12(21)8-20-14(23)16(2,3)19-15(20)24/h4-7,9H,8H2,1-3H3,(H,18,22)(H,19,24)/t9-/m1/s1. The molecule has 0 bridgehead atoms. The molecule has 25 heavy (non-hydrogen) atoms. The first-order valence-corrected chi connectivity index (χ1v) is 7.50. The summed E-state index contributed by atoms with van der Waals surface area (Å²) in [6, 6.07) is 4.36. The lowest BCUT2D eigenvalue weighted by atomic mass is 10.1. The van der Waals surface area contributed by atoms with Gasteiger partial charge in [0.1, 0.15) is 17.9 Å². The molecule has 1 aliphatic rings. The monoisotopic (exact) mass is 351 g/mol. The number of rotatable bonds is 5. The minimum atomic E-state index is -1.16. The first-order valence-electron chi connectivity index (χ1n) is 7.50. The van der Waals surface area contributed by atoms with Gasteiger partial charge in [0.05, 0.1) is 0 Å². The maximum Gasteiger partial charge on any atom is 0.327 e. The smallest absolute Gasteiger partial charge is 0.327 e. The Labute approximate surface area is 143 Å². The number of hydrogen-bond donors (Lipinski definition) is 2. The van der Waals surface area contributed by atoms with Crippen LogP contribution >= 0.6 is 0 Å². The van der Waals surface area contributed by atoms with E-state index >= 15 is 0 Å². The first-order chi connectivity index (χ1) is 11.6. The van der Waals surface area contributed by atoms with Gasteiger partial charge < -0.3 is 15.4 Å². The molecule has 0 radical (unpaired) electrons. The number of urea groups is 1. The number of hydrogen-bond acceptors (Lipinski definition) is 5. The molecule has 1 saturated heterocycles. The molecule has 1 aliphatic heterocycles. The van der Waals surface area contributed by atoms with Gasteiger partial charge in [-0.2, -0.15) is 0 Å². The van der Waals surface area contributed by atoms with Crippen molar-refractivity contribution in [2.45, 2.75) is 32.4 Å². The van der Waals surface area contributed by atoms with Crippen molar-refractivity contribution < 1.29 is 28.3 Å². The van der Waals surface area contributed by atoms with Crippen molar-refractivity contribution in [3.05, 3.63) is 30.1 Å². The number of anilines is 1. The number of ether oxygens (including phenoxy) is 1. The molecule has 2 N–H and O–H groups in total. The first kappa shape index (κ1) is 18.4. The lowest BCUT2D eigenvalue weighted by Gasteiger charge is -2.17. The second-order valence-corrected chi connectivity index (χ2v) is 6.07. The van der Waals surface area contributed by atoms with Crippen LogP contribution in [0.1, 0.15) is 20.8 Å². The topological polar surface area (TPSA) is 105 Å². The van der Waals surface area contributed by atoms with E-state index in [1.165, 1.54) is 45.0 Å². The molecule has 0 aromatic heterocycles. The molecule has 0 aliphatic carbocycles. The van der Waals surface area contributed by atoms with E-state index in [9.17, 15) is 23.6 Å². The molecular weight excluding hydrogens is 333 g/mol. The molecular formula is C16H18FN3O5. The van der Waals surface area contributed by atoms with Crippen molar-refractivity contribution in [2.75, 3.05) is 11.9 Å². The normalized spacial score (nSPS) is 17.0. The SMILES string of the molecule is C[C@@H](OC(=O)CN1C(=O)NC(C)(C)C1=O)C(=O)Nc1ccc(F)cc1. The van der Waals surface area contributed by atoms with Crippen LogP contribution in [-0.4, -0.2) is 46.9 Å². The molecule has 2 rings (SSSR count). The molecule has 134 valence electrons. The second kappa shape index (κ2) is 6.88. The van der Waals surface area contributed by atoms with Gasteiger partial charge in [-0.15, -0.1) is 0 Å². The molecule has 1 atom stereocenters. The zero-order valence-corrected chi connectivity index (χ0v) is 14.0. The highest BCUT2D eigenvalue weighted by molar-refractivity contribution is 6.08. The molecule has 0 saturated carbocycles. The van der Waals surface area contributed by atoms with Gasteiger partial charge in [0.25, 0.3) is 11.8 Å². The van der Waals surface area contributed by atoms with Crippen LogP contribution in [0.25, 0.3) is 0 Å². The van der Waals surface area contributed by atoms with Crippen LogP contribution in [0, 0.1) is 5.82 Å². The van der Waals surface area contributed by atoms with Crippen LogP contribution in [0.2, 0.25) is 0 Å². The fraction of sp³-hybridized carbons (Fsp3) is 0.375. The zero-order chi connectivity index (χ0) is 18.8. The predicted molar refractivity (Wildman–Crippen MR) is 84.9 cm³/mol. The molecule has 1 heterocycles. The van der Waals surface area contributed by atoms with Gasteiger partial charge in [0, 0.05) is 5.69 Å². The van der Waals surface area contributed by atoms with E-state index in [2.05, 4.69) is 10.6 Å². The summed E-state index contributed by atoms with van der Waals surface area (Å²) < 4.78 is 17.8. The Morgan fingerprint density at radius 1 is 1.28 bits per heavy atom. The molecule has 4 amide bonds. The van der Waals surface area contributed by atoms with E-state index in [4.69, 9.17) is 4.74 Å². The summed E-state index contributed by atoms with van der Waals surface area (Å²) in [4.78, 5) is 48.3. The number of carbonyl (C=O) groups excluding carboxylic acids is 4. The third kappa shape index (κ3) is 4.31. The van der Waals surface area contributed by atoms with E-state index in [-0.39, 0.29) is 0 Å². The minimum Gasteiger partial charge on any atom is -0.451 e. The quantitative estimate of drug-likeness (QED) is 0.609. The molecule has 0 spiro atoms. The fourth-order valence-electron chi connectivity index (χ4n) is 2.16. The maximum absolute atomic E-state index is 12.8. The Bertz CT molecular complexity index is 717. The number of benzene rings is 1. The Morgan fingerprint density at radius 3 is 2.40 bits per heavy atom. The van der Waals surface area contributed by atoms with Crippen molar-refractivity contribution in [2.24, 2.45) is 0 Å². The van der Waals surface area contributed by atoms with E-state index in [0.29, 0.717) is 5.69 Å². The molecule has 1 fully saturated rings. The van der Waals surface area contributed by atoms with Crippen LogP contribution in [0.3, 0.4) is 0 Å². The minimum absolute atomic E-state index is 0.338. The van der Waals surface area contributed by atoms with Gasteiger partial charge in [0.15, 0.2) is 6.10 Å². The van der Waals surface area contributed by atoms with E-state index < -0.39 is 47.8 Å². The molecule has 9 heteroatoms. The van der Waals surface area contributed by atoms with Crippen molar-refractivity contribution in [3.63, 3.8) is 0 Å². The summed E-state index contributed by atoms with van der Waals surface area (Å²) in [5.41, 5.74) is -0.756. The van der Waals surface area contributed by atoms with Crippen molar-refractivity contribution in [1.29, 1.82) is 0 Å². The highest BCUT2D eigenvalue weighted by Crippen LogP contribution is 2.16. The number of carbonyl (C=O) groups is 4. The van der Waals surface area contributed by atoms with Gasteiger partial charge in [-0.05, 0) is 45.0 Å². The van der Waals surface area contributed by atoms with Crippen LogP contribution in [-0.2, 0) is 19.1 Å². The predicted octanol–water partition coefficient (Wildman–Crippen LogP) is 1.03. The Balaban J connectivity index is 1.89. The number of nitrogens with zero attached hydrogens (tertiary/aromatic N) is 1. The summed E-state index contributed by atoms with van der Waals surface area (Å²) >= 11 is 0. The average Bonchev–Trinajstić information content (AvgIpc) is 2.71. The summed E-state index contributed by atoms with van der Waals surface area (Å²) in [7, 11) is 0. The van der Waals surface area contributed by atoms with E-state index in [0.717, 1.165) is 4.90 Å². The van der Waals surface area contributed by atoms with Gasteiger partial charge >= 0.3 is 12.0 Å². The summed E-state index contributed by atoms with van der Waals surface area (Å²) in [5, 5.41) is 4.89. The van der Waals surface area contributed by atoms with Gasteiger partial charge in [-0.25, -0.2) is 9.18 Å². The fourth-order valence-corrected chi connectivity index (χ4v) is 2.16. The average molecular weight is 351 g/mol. The van der Waals surface area contributed by atoms with E-state index in [1.807, 2.05) is 0 Å². The number of nitrogens with one attached hydrogen (secondary N) is 2. The molecule has 1 aromatic carbocycles. The molecule has 8 nitrogen and oxygen atoms in total.